The second-order valence-corrected chi connectivity index (χ2v) is 4.77. The van der Waals surface area contributed by atoms with Crippen molar-refractivity contribution in [2.45, 2.75) is 44.0 Å². The average Bonchev–Trinajstić information content (AvgIpc) is 2.80. The Balaban J connectivity index is 1.79. The Hall–Kier alpha value is -0.770. The van der Waals surface area contributed by atoms with Gasteiger partial charge >= 0.3 is 6.09 Å². The average molecular weight is 197 g/mol. The zero-order valence-electron chi connectivity index (χ0n) is 8.29. The molecule has 3 heterocycles. The lowest BCUT2D eigenvalue weighted by atomic mass is 9.78. The van der Waals surface area contributed by atoms with Crippen LogP contribution in [0.1, 0.15) is 26.2 Å². The molecule has 2 bridgehead atoms. The fraction of sp³-hybridized carbons (Fsp3) is 0.900. The lowest BCUT2D eigenvalue weighted by Crippen LogP contribution is -2.43. The van der Waals surface area contributed by atoms with E-state index in [9.17, 15) is 4.79 Å². The van der Waals surface area contributed by atoms with E-state index in [0.717, 1.165) is 12.8 Å². The third-order valence-electron chi connectivity index (χ3n) is 3.80. The summed E-state index contributed by atoms with van der Waals surface area (Å²) in [5.41, 5.74) is -0.336. The second kappa shape index (κ2) is 2.63. The number of carbonyl (C=O) groups excluding carboxylic acids is 1. The zero-order valence-corrected chi connectivity index (χ0v) is 8.29. The van der Waals surface area contributed by atoms with Gasteiger partial charge in [0.1, 0.15) is 5.60 Å². The summed E-state index contributed by atoms with van der Waals surface area (Å²) in [5, 5.41) is 2.73. The normalized spacial score (nSPS) is 50.6. The summed E-state index contributed by atoms with van der Waals surface area (Å²) < 4.78 is 11.1. The molecule has 0 aromatic heterocycles. The maximum Gasteiger partial charge on any atom is 0.407 e. The van der Waals surface area contributed by atoms with Gasteiger partial charge in [-0.2, -0.15) is 0 Å². The summed E-state index contributed by atoms with van der Waals surface area (Å²) in [6, 6.07) is 0. The molecular formula is C10H15NO3. The number of hydrogen-bond acceptors (Lipinski definition) is 3. The highest BCUT2D eigenvalue weighted by atomic mass is 16.6. The van der Waals surface area contributed by atoms with Crippen LogP contribution in [0.25, 0.3) is 0 Å². The topological polar surface area (TPSA) is 47.6 Å². The second-order valence-electron chi connectivity index (χ2n) is 4.77. The van der Waals surface area contributed by atoms with Crippen molar-refractivity contribution in [3.63, 3.8) is 0 Å². The number of hydrogen-bond donors (Lipinski definition) is 1. The zero-order chi connectivity index (χ0) is 9.76. The van der Waals surface area contributed by atoms with Gasteiger partial charge in [0.2, 0.25) is 0 Å². The lowest BCUT2D eigenvalue weighted by Gasteiger charge is -2.32. The van der Waals surface area contributed by atoms with Crippen molar-refractivity contribution in [2.75, 3.05) is 6.54 Å². The molecule has 0 aromatic rings. The van der Waals surface area contributed by atoms with Gasteiger partial charge < -0.3 is 14.8 Å². The summed E-state index contributed by atoms with van der Waals surface area (Å²) in [6.45, 7) is 2.64. The van der Waals surface area contributed by atoms with Gasteiger partial charge in [0.15, 0.2) is 0 Å². The highest BCUT2D eigenvalue weighted by molar-refractivity contribution is 5.70. The minimum absolute atomic E-state index is 0.282. The van der Waals surface area contributed by atoms with Crippen LogP contribution in [0.4, 0.5) is 4.79 Å². The van der Waals surface area contributed by atoms with Gasteiger partial charge in [0.05, 0.1) is 18.8 Å². The van der Waals surface area contributed by atoms with Crippen molar-refractivity contribution in [1.29, 1.82) is 0 Å². The molecule has 4 heteroatoms. The quantitative estimate of drug-likeness (QED) is 0.683. The maximum absolute atomic E-state index is 11.0. The van der Waals surface area contributed by atoms with Gasteiger partial charge in [0.25, 0.3) is 0 Å². The molecule has 0 radical (unpaired) electrons. The first-order valence-corrected chi connectivity index (χ1v) is 5.30. The molecule has 1 N–H and O–H groups in total. The van der Waals surface area contributed by atoms with E-state index in [1.54, 1.807) is 0 Å². The van der Waals surface area contributed by atoms with E-state index in [1.807, 2.05) is 6.92 Å². The molecule has 0 aromatic carbocycles. The van der Waals surface area contributed by atoms with E-state index in [1.165, 1.54) is 6.42 Å². The van der Waals surface area contributed by atoms with E-state index >= 15 is 0 Å². The number of cyclic esters (lactones) is 1. The summed E-state index contributed by atoms with van der Waals surface area (Å²) in [7, 11) is 0. The van der Waals surface area contributed by atoms with Gasteiger partial charge in [-0.3, -0.25) is 0 Å². The molecule has 3 rings (SSSR count). The molecule has 3 saturated heterocycles. The van der Waals surface area contributed by atoms with Crippen LogP contribution in [0.2, 0.25) is 0 Å². The molecule has 0 saturated carbocycles. The van der Waals surface area contributed by atoms with Crippen LogP contribution in [0.3, 0.4) is 0 Å². The first-order valence-electron chi connectivity index (χ1n) is 5.30. The van der Waals surface area contributed by atoms with Gasteiger partial charge in [-0.1, -0.05) is 0 Å². The third-order valence-corrected chi connectivity index (χ3v) is 3.80. The molecule has 1 amide bonds. The van der Waals surface area contributed by atoms with E-state index in [2.05, 4.69) is 5.32 Å². The van der Waals surface area contributed by atoms with Crippen molar-refractivity contribution in [1.82, 2.24) is 5.32 Å². The van der Waals surface area contributed by atoms with Crippen LogP contribution in [0, 0.1) is 5.92 Å². The van der Waals surface area contributed by atoms with Crippen molar-refractivity contribution in [3.8, 4) is 0 Å². The smallest absolute Gasteiger partial charge is 0.407 e. The Kier molecular flexibility index (Phi) is 1.60. The molecule has 0 spiro atoms. The molecule has 3 fully saturated rings. The standard InChI is InChI=1S/C10H15NO3/c1-10(5-11-9(12)14-10)7-4-6-2-3-8(7)13-6/h6-8H,2-5H2,1H3,(H,11,12). The number of nitrogens with one attached hydrogen (secondary N) is 1. The molecule has 0 aliphatic carbocycles. The Bertz CT molecular complexity index is 281. The molecular weight excluding hydrogens is 182 g/mol. The molecule has 78 valence electrons. The number of ether oxygens (including phenoxy) is 2. The van der Waals surface area contributed by atoms with Crippen LogP contribution in [-0.2, 0) is 9.47 Å². The van der Waals surface area contributed by atoms with E-state index in [-0.39, 0.29) is 11.7 Å². The fourth-order valence-corrected chi connectivity index (χ4v) is 3.02. The van der Waals surface area contributed by atoms with Crippen LogP contribution < -0.4 is 5.32 Å². The Labute approximate surface area is 82.9 Å². The molecule has 3 aliphatic heterocycles. The van der Waals surface area contributed by atoms with Gasteiger partial charge in [-0.25, -0.2) is 4.79 Å². The van der Waals surface area contributed by atoms with Gasteiger partial charge in [-0.15, -0.1) is 0 Å². The van der Waals surface area contributed by atoms with E-state index in [4.69, 9.17) is 9.47 Å². The predicted molar refractivity (Wildman–Crippen MR) is 48.9 cm³/mol. The molecule has 4 unspecified atom stereocenters. The molecule has 3 aliphatic rings. The highest BCUT2D eigenvalue weighted by Crippen LogP contribution is 2.45. The molecule has 4 nitrogen and oxygen atoms in total. The SMILES string of the molecule is CC1(C2CC3CCC2O3)CNC(=O)O1. The highest BCUT2D eigenvalue weighted by Gasteiger charge is 2.53. The minimum atomic E-state index is -0.336. The predicted octanol–water partition coefficient (Wildman–Crippen LogP) is 1.05. The van der Waals surface area contributed by atoms with Crippen LogP contribution >= 0.6 is 0 Å². The van der Waals surface area contributed by atoms with Crippen molar-refractivity contribution in [2.24, 2.45) is 5.92 Å². The third kappa shape index (κ3) is 1.06. The van der Waals surface area contributed by atoms with Crippen LogP contribution in [-0.4, -0.2) is 30.4 Å². The summed E-state index contributed by atoms with van der Waals surface area (Å²) in [4.78, 5) is 11.0. The van der Waals surface area contributed by atoms with E-state index in [0.29, 0.717) is 24.7 Å². The minimum Gasteiger partial charge on any atom is -0.441 e. The maximum atomic E-state index is 11.0. The Morgan fingerprint density at radius 2 is 2.36 bits per heavy atom. The summed E-state index contributed by atoms with van der Waals surface area (Å²) in [6.07, 6.45) is 3.81. The van der Waals surface area contributed by atoms with Crippen molar-refractivity contribution in [3.05, 3.63) is 0 Å². The lowest BCUT2D eigenvalue weighted by molar-refractivity contribution is -0.0105. The summed E-state index contributed by atoms with van der Waals surface area (Å²) in [5.74, 6) is 0.389. The largest absolute Gasteiger partial charge is 0.441 e. The van der Waals surface area contributed by atoms with Crippen LogP contribution in [0.5, 0.6) is 0 Å². The van der Waals surface area contributed by atoms with E-state index < -0.39 is 0 Å². The number of fused-ring (bicyclic) bond motifs is 2. The van der Waals surface area contributed by atoms with Crippen molar-refractivity contribution >= 4 is 6.09 Å². The number of rotatable bonds is 1. The molecule has 14 heavy (non-hydrogen) atoms. The first kappa shape index (κ1) is 8.53. The Morgan fingerprint density at radius 3 is 2.86 bits per heavy atom. The van der Waals surface area contributed by atoms with Gasteiger partial charge in [-0.05, 0) is 26.2 Å². The number of alkyl carbamates (subject to hydrolysis) is 1. The number of carbonyl (C=O) groups is 1. The van der Waals surface area contributed by atoms with Crippen molar-refractivity contribution < 1.29 is 14.3 Å². The molecule has 4 atom stereocenters. The Morgan fingerprint density at radius 1 is 1.50 bits per heavy atom. The number of amides is 1. The first-order chi connectivity index (χ1) is 6.67. The van der Waals surface area contributed by atoms with Crippen LogP contribution in [0.15, 0.2) is 0 Å². The van der Waals surface area contributed by atoms with Gasteiger partial charge in [0, 0.05) is 5.92 Å². The monoisotopic (exact) mass is 197 g/mol. The fourth-order valence-electron chi connectivity index (χ4n) is 3.02. The summed E-state index contributed by atoms with van der Waals surface area (Å²) >= 11 is 0.